The van der Waals surface area contributed by atoms with Crippen LogP contribution in [0.1, 0.15) is 19.4 Å². The standard InChI is InChI=1S/C13H19NO3/c1-3-11-4-6-12(7-5-11)17-9-13(16)14-10(2)8-15/h4-7,10,15H,3,8-9H2,1-2H3,(H,14,16). The molecule has 94 valence electrons. The SMILES string of the molecule is CCc1ccc(OCC(=O)NC(C)CO)cc1. The molecule has 0 spiro atoms. The quantitative estimate of drug-likeness (QED) is 0.779. The summed E-state index contributed by atoms with van der Waals surface area (Å²) < 4.78 is 5.32. The van der Waals surface area contributed by atoms with Crippen LogP contribution in [0.25, 0.3) is 0 Å². The second kappa shape index (κ2) is 6.91. The number of carbonyl (C=O) groups excluding carboxylic acids is 1. The maximum absolute atomic E-state index is 11.4. The molecule has 0 bridgehead atoms. The Bertz CT molecular complexity index is 348. The molecule has 17 heavy (non-hydrogen) atoms. The van der Waals surface area contributed by atoms with Gasteiger partial charge in [-0.15, -0.1) is 0 Å². The third kappa shape index (κ3) is 4.87. The average Bonchev–Trinajstić information content (AvgIpc) is 2.36. The van der Waals surface area contributed by atoms with Gasteiger partial charge in [0.25, 0.3) is 5.91 Å². The molecule has 1 aromatic carbocycles. The molecule has 2 N–H and O–H groups in total. The van der Waals surface area contributed by atoms with E-state index in [1.54, 1.807) is 6.92 Å². The van der Waals surface area contributed by atoms with Gasteiger partial charge in [-0.25, -0.2) is 0 Å². The van der Waals surface area contributed by atoms with Crippen LogP contribution in [0.5, 0.6) is 5.75 Å². The molecule has 4 heteroatoms. The van der Waals surface area contributed by atoms with Crippen LogP contribution >= 0.6 is 0 Å². The van der Waals surface area contributed by atoms with E-state index >= 15 is 0 Å². The van der Waals surface area contributed by atoms with Crippen LogP contribution in [0.3, 0.4) is 0 Å². The Kier molecular flexibility index (Phi) is 5.49. The first-order chi connectivity index (χ1) is 8.15. The molecule has 0 aromatic heterocycles. The first-order valence-corrected chi connectivity index (χ1v) is 5.77. The summed E-state index contributed by atoms with van der Waals surface area (Å²) in [6.45, 7) is 3.71. The Morgan fingerprint density at radius 1 is 1.41 bits per heavy atom. The number of rotatable bonds is 6. The average molecular weight is 237 g/mol. The van der Waals surface area contributed by atoms with Gasteiger partial charge in [0.15, 0.2) is 6.61 Å². The second-order valence-corrected chi connectivity index (χ2v) is 3.94. The summed E-state index contributed by atoms with van der Waals surface area (Å²) in [6.07, 6.45) is 0.981. The maximum atomic E-state index is 11.4. The van der Waals surface area contributed by atoms with Gasteiger partial charge in [-0.1, -0.05) is 19.1 Å². The van der Waals surface area contributed by atoms with Crippen molar-refractivity contribution in [1.29, 1.82) is 0 Å². The van der Waals surface area contributed by atoms with E-state index in [9.17, 15) is 4.79 Å². The van der Waals surface area contributed by atoms with E-state index in [4.69, 9.17) is 9.84 Å². The molecule has 1 rings (SSSR count). The lowest BCUT2D eigenvalue weighted by molar-refractivity contribution is -0.123. The molecular weight excluding hydrogens is 218 g/mol. The minimum Gasteiger partial charge on any atom is -0.484 e. The molecule has 4 nitrogen and oxygen atoms in total. The van der Waals surface area contributed by atoms with Crippen LogP contribution in [0, 0.1) is 0 Å². The summed E-state index contributed by atoms with van der Waals surface area (Å²) in [7, 11) is 0. The number of benzene rings is 1. The van der Waals surface area contributed by atoms with Gasteiger partial charge in [0, 0.05) is 6.04 Å². The summed E-state index contributed by atoms with van der Waals surface area (Å²) in [4.78, 5) is 11.4. The molecule has 0 fully saturated rings. The highest BCUT2D eigenvalue weighted by Gasteiger charge is 2.06. The predicted molar refractivity (Wildman–Crippen MR) is 66.0 cm³/mol. The van der Waals surface area contributed by atoms with Crippen LogP contribution < -0.4 is 10.1 Å². The first-order valence-electron chi connectivity index (χ1n) is 5.77. The lowest BCUT2D eigenvalue weighted by Gasteiger charge is -2.11. The smallest absolute Gasteiger partial charge is 0.258 e. The van der Waals surface area contributed by atoms with Crippen molar-refractivity contribution in [1.82, 2.24) is 5.32 Å². The van der Waals surface area contributed by atoms with Gasteiger partial charge >= 0.3 is 0 Å². The molecular formula is C13H19NO3. The number of carbonyl (C=O) groups is 1. The topological polar surface area (TPSA) is 58.6 Å². The van der Waals surface area contributed by atoms with Crippen LogP contribution in [0.2, 0.25) is 0 Å². The molecule has 0 aliphatic carbocycles. The van der Waals surface area contributed by atoms with E-state index in [0.717, 1.165) is 6.42 Å². The maximum Gasteiger partial charge on any atom is 0.258 e. The minimum atomic E-state index is -0.242. The molecule has 0 saturated heterocycles. The number of aliphatic hydroxyl groups excluding tert-OH is 1. The lowest BCUT2D eigenvalue weighted by atomic mass is 10.2. The van der Waals surface area contributed by atoms with Crippen molar-refractivity contribution < 1.29 is 14.6 Å². The molecule has 0 aliphatic heterocycles. The van der Waals surface area contributed by atoms with E-state index in [2.05, 4.69) is 12.2 Å². The van der Waals surface area contributed by atoms with E-state index < -0.39 is 0 Å². The van der Waals surface area contributed by atoms with Gasteiger partial charge in [0.2, 0.25) is 0 Å². The van der Waals surface area contributed by atoms with Crippen molar-refractivity contribution in [2.24, 2.45) is 0 Å². The zero-order valence-electron chi connectivity index (χ0n) is 10.3. The van der Waals surface area contributed by atoms with E-state index in [-0.39, 0.29) is 25.2 Å². The molecule has 1 unspecified atom stereocenters. The Labute approximate surface area is 102 Å². The number of amides is 1. The summed E-state index contributed by atoms with van der Waals surface area (Å²) in [6, 6.07) is 7.41. The molecule has 1 atom stereocenters. The Morgan fingerprint density at radius 3 is 2.59 bits per heavy atom. The van der Waals surface area contributed by atoms with Crippen LogP contribution in [0.15, 0.2) is 24.3 Å². The molecule has 1 aromatic rings. The first kappa shape index (κ1) is 13.5. The van der Waals surface area contributed by atoms with Crippen LogP contribution in [-0.2, 0) is 11.2 Å². The molecule has 1 amide bonds. The van der Waals surface area contributed by atoms with Crippen LogP contribution in [-0.4, -0.2) is 30.3 Å². The summed E-state index contributed by atoms with van der Waals surface area (Å²) >= 11 is 0. The van der Waals surface area contributed by atoms with Gasteiger partial charge in [-0.3, -0.25) is 4.79 Å². The fourth-order valence-corrected chi connectivity index (χ4v) is 1.33. The third-order valence-corrected chi connectivity index (χ3v) is 2.38. The zero-order chi connectivity index (χ0) is 12.7. The van der Waals surface area contributed by atoms with Crippen molar-refractivity contribution in [2.45, 2.75) is 26.3 Å². The monoisotopic (exact) mass is 237 g/mol. The Hall–Kier alpha value is -1.55. The van der Waals surface area contributed by atoms with Gasteiger partial charge in [-0.05, 0) is 31.0 Å². The zero-order valence-corrected chi connectivity index (χ0v) is 10.3. The van der Waals surface area contributed by atoms with E-state index in [1.807, 2.05) is 24.3 Å². The summed E-state index contributed by atoms with van der Waals surface area (Å²) in [5.41, 5.74) is 1.23. The second-order valence-electron chi connectivity index (χ2n) is 3.94. The molecule has 0 radical (unpaired) electrons. The molecule has 0 saturated carbocycles. The van der Waals surface area contributed by atoms with Crippen molar-refractivity contribution in [3.8, 4) is 5.75 Å². The summed E-state index contributed by atoms with van der Waals surface area (Å²) in [5.74, 6) is 0.445. The van der Waals surface area contributed by atoms with E-state index in [1.165, 1.54) is 5.56 Å². The minimum absolute atomic E-state index is 0.0319. The normalized spacial score (nSPS) is 11.9. The number of ether oxygens (including phenoxy) is 1. The lowest BCUT2D eigenvalue weighted by Crippen LogP contribution is -2.38. The van der Waals surface area contributed by atoms with Gasteiger partial charge in [0.1, 0.15) is 5.75 Å². The number of hydrogen-bond acceptors (Lipinski definition) is 3. The molecule has 0 heterocycles. The third-order valence-electron chi connectivity index (χ3n) is 2.38. The fourth-order valence-electron chi connectivity index (χ4n) is 1.33. The van der Waals surface area contributed by atoms with Gasteiger partial charge in [0.05, 0.1) is 6.61 Å². The van der Waals surface area contributed by atoms with Gasteiger partial charge in [-0.2, -0.15) is 0 Å². The largest absolute Gasteiger partial charge is 0.484 e. The fraction of sp³-hybridized carbons (Fsp3) is 0.462. The Morgan fingerprint density at radius 2 is 2.06 bits per heavy atom. The van der Waals surface area contributed by atoms with E-state index in [0.29, 0.717) is 5.75 Å². The number of hydrogen-bond donors (Lipinski definition) is 2. The number of aryl methyl sites for hydroxylation is 1. The molecule has 0 aliphatic rings. The van der Waals surface area contributed by atoms with Gasteiger partial charge < -0.3 is 15.2 Å². The van der Waals surface area contributed by atoms with Crippen molar-refractivity contribution >= 4 is 5.91 Å². The van der Waals surface area contributed by atoms with Crippen molar-refractivity contribution in [2.75, 3.05) is 13.2 Å². The number of nitrogens with one attached hydrogen (secondary N) is 1. The van der Waals surface area contributed by atoms with Crippen molar-refractivity contribution in [3.63, 3.8) is 0 Å². The summed E-state index contributed by atoms with van der Waals surface area (Å²) in [5, 5.41) is 11.4. The van der Waals surface area contributed by atoms with Crippen LogP contribution in [0.4, 0.5) is 0 Å². The highest BCUT2D eigenvalue weighted by molar-refractivity contribution is 5.77. The highest BCUT2D eigenvalue weighted by atomic mass is 16.5. The Balaban J connectivity index is 2.36. The van der Waals surface area contributed by atoms with Crippen molar-refractivity contribution in [3.05, 3.63) is 29.8 Å². The predicted octanol–water partition coefficient (Wildman–Crippen LogP) is 1.12. The number of aliphatic hydroxyl groups is 1. The highest BCUT2D eigenvalue weighted by Crippen LogP contribution is 2.12.